The van der Waals surface area contributed by atoms with Crippen molar-refractivity contribution in [2.75, 3.05) is 0 Å². The smallest absolute Gasteiger partial charge is 0.186 e. The Bertz CT molecular complexity index is 356. The van der Waals surface area contributed by atoms with Crippen LogP contribution in [0.1, 0.15) is 161 Å². The third kappa shape index (κ3) is 27.2. The molecule has 2 heteroatoms. The summed E-state index contributed by atoms with van der Waals surface area (Å²) in [6, 6.07) is 0. The second-order valence-corrected chi connectivity index (χ2v) is 8.98. The molecule has 170 valence electrons. The molecular weight excluding hydrogens is 352 g/mol. The summed E-state index contributed by atoms with van der Waals surface area (Å²) in [7, 11) is 0. The summed E-state index contributed by atoms with van der Waals surface area (Å²) in [5.74, 6) is 0. The first-order chi connectivity index (χ1) is 14.4. The Labute approximate surface area is 184 Å². The molecule has 0 spiro atoms. The van der Waals surface area contributed by atoms with Gasteiger partial charge in [0.1, 0.15) is 0 Å². The molecule has 29 heavy (non-hydrogen) atoms. The van der Waals surface area contributed by atoms with Gasteiger partial charge in [-0.25, -0.2) is 0 Å². The van der Waals surface area contributed by atoms with E-state index >= 15 is 0 Å². The summed E-state index contributed by atoms with van der Waals surface area (Å²) in [6.45, 7) is 2.30. The van der Waals surface area contributed by atoms with Crippen molar-refractivity contribution in [3.05, 3.63) is 0 Å². The first-order valence-electron chi connectivity index (χ1n) is 13.3. The van der Waals surface area contributed by atoms with Gasteiger partial charge in [-0.1, -0.05) is 148 Å². The SMILES string of the molecule is CCCCCCCCCCCCCCCCCCCCCCCCCC=NC#N. The lowest BCUT2D eigenvalue weighted by atomic mass is 10.0. The van der Waals surface area contributed by atoms with E-state index in [0.717, 1.165) is 6.42 Å². The van der Waals surface area contributed by atoms with Crippen LogP contribution in [0.25, 0.3) is 0 Å². The van der Waals surface area contributed by atoms with Crippen molar-refractivity contribution in [1.29, 1.82) is 5.26 Å². The summed E-state index contributed by atoms with van der Waals surface area (Å²) >= 11 is 0. The number of hydrogen-bond donors (Lipinski definition) is 0. The normalized spacial score (nSPS) is 11.3. The lowest BCUT2D eigenvalue weighted by Gasteiger charge is -2.04. The Kier molecular flexibility index (Phi) is 26.4. The molecular formula is C27H52N2. The monoisotopic (exact) mass is 404 g/mol. The molecule has 0 bridgehead atoms. The first kappa shape index (κ1) is 28.2. The van der Waals surface area contributed by atoms with Crippen molar-refractivity contribution < 1.29 is 0 Å². The largest absolute Gasteiger partial charge is 0.205 e. The van der Waals surface area contributed by atoms with Crippen LogP contribution in [0.3, 0.4) is 0 Å². The molecule has 0 fully saturated rings. The van der Waals surface area contributed by atoms with E-state index in [9.17, 15) is 0 Å². The van der Waals surface area contributed by atoms with Crippen molar-refractivity contribution in [2.24, 2.45) is 4.99 Å². The van der Waals surface area contributed by atoms with Crippen LogP contribution in [0.2, 0.25) is 0 Å². The van der Waals surface area contributed by atoms with Crippen LogP contribution < -0.4 is 0 Å². The number of unbranched alkanes of at least 4 members (excludes halogenated alkanes) is 23. The number of aliphatic imine (C=N–C) groups is 1. The molecule has 0 aliphatic carbocycles. The second kappa shape index (κ2) is 27.2. The van der Waals surface area contributed by atoms with Crippen LogP contribution in [-0.2, 0) is 0 Å². The molecule has 0 aliphatic rings. The van der Waals surface area contributed by atoms with E-state index in [4.69, 9.17) is 5.26 Å². The molecule has 0 saturated carbocycles. The van der Waals surface area contributed by atoms with Gasteiger partial charge in [0.15, 0.2) is 0 Å². The topological polar surface area (TPSA) is 36.1 Å². The molecule has 0 unspecified atom stereocenters. The van der Waals surface area contributed by atoms with Gasteiger partial charge in [-0.3, -0.25) is 0 Å². The van der Waals surface area contributed by atoms with Gasteiger partial charge in [0.2, 0.25) is 6.19 Å². The first-order valence-corrected chi connectivity index (χ1v) is 13.3. The van der Waals surface area contributed by atoms with Gasteiger partial charge in [-0.05, 0) is 12.8 Å². The summed E-state index contributed by atoms with van der Waals surface area (Å²) in [5.41, 5.74) is 0. The lowest BCUT2D eigenvalue weighted by Crippen LogP contribution is -1.84. The van der Waals surface area contributed by atoms with E-state index in [-0.39, 0.29) is 0 Å². The van der Waals surface area contributed by atoms with E-state index in [1.54, 1.807) is 12.4 Å². The van der Waals surface area contributed by atoms with Crippen LogP contribution in [0.15, 0.2) is 4.99 Å². The van der Waals surface area contributed by atoms with Gasteiger partial charge >= 0.3 is 0 Å². The Hall–Kier alpha value is -0.840. The summed E-state index contributed by atoms with van der Waals surface area (Å²) in [6.07, 6.45) is 37.3. The highest BCUT2D eigenvalue weighted by atomic mass is 14.7. The van der Waals surface area contributed by atoms with E-state index in [0.29, 0.717) is 0 Å². The highest BCUT2D eigenvalue weighted by Gasteiger charge is 1.95. The minimum atomic E-state index is 0.965. The van der Waals surface area contributed by atoms with Crippen LogP contribution >= 0.6 is 0 Å². The zero-order chi connectivity index (χ0) is 21.1. The molecule has 0 atom stereocenters. The second-order valence-electron chi connectivity index (χ2n) is 8.98. The molecule has 0 rings (SSSR count). The maximum absolute atomic E-state index is 8.30. The molecule has 0 aromatic rings. The average Bonchev–Trinajstić information content (AvgIpc) is 2.74. The maximum atomic E-state index is 8.30. The van der Waals surface area contributed by atoms with Gasteiger partial charge < -0.3 is 0 Å². The van der Waals surface area contributed by atoms with Crippen LogP contribution in [0, 0.1) is 11.5 Å². The van der Waals surface area contributed by atoms with Crippen molar-refractivity contribution in [3.63, 3.8) is 0 Å². The van der Waals surface area contributed by atoms with Gasteiger partial charge in [-0.15, -0.1) is 0 Å². The van der Waals surface area contributed by atoms with Crippen molar-refractivity contribution in [1.82, 2.24) is 0 Å². The molecule has 0 N–H and O–H groups in total. The van der Waals surface area contributed by atoms with E-state index in [2.05, 4.69) is 11.9 Å². The number of nitrogens with zero attached hydrogens (tertiary/aromatic N) is 2. The van der Waals surface area contributed by atoms with Gasteiger partial charge in [0.25, 0.3) is 0 Å². The van der Waals surface area contributed by atoms with Gasteiger partial charge in [0.05, 0.1) is 0 Å². The highest BCUT2D eigenvalue weighted by Crippen LogP contribution is 2.15. The third-order valence-corrected chi connectivity index (χ3v) is 6.09. The summed E-state index contributed by atoms with van der Waals surface area (Å²) in [5, 5.41) is 8.30. The fourth-order valence-corrected chi connectivity index (χ4v) is 4.13. The van der Waals surface area contributed by atoms with Gasteiger partial charge in [-0.2, -0.15) is 10.3 Å². The third-order valence-electron chi connectivity index (χ3n) is 6.09. The quantitative estimate of drug-likeness (QED) is 0.0895. The van der Waals surface area contributed by atoms with Gasteiger partial charge in [0, 0.05) is 6.21 Å². The van der Waals surface area contributed by atoms with E-state index in [1.807, 2.05) is 0 Å². The Morgan fingerprint density at radius 1 is 0.483 bits per heavy atom. The summed E-state index contributed by atoms with van der Waals surface area (Å²) < 4.78 is 0. The molecule has 2 nitrogen and oxygen atoms in total. The van der Waals surface area contributed by atoms with Crippen LogP contribution in [-0.4, -0.2) is 6.21 Å². The molecule has 0 radical (unpaired) electrons. The fourth-order valence-electron chi connectivity index (χ4n) is 4.13. The minimum absolute atomic E-state index is 0.965. The minimum Gasteiger partial charge on any atom is -0.186 e. The Morgan fingerprint density at radius 2 is 0.759 bits per heavy atom. The summed E-state index contributed by atoms with van der Waals surface area (Å²) in [4.78, 5) is 3.58. The molecule has 0 aromatic carbocycles. The fraction of sp³-hybridized carbons (Fsp3) is 0.926. The highest BCUT2D eigenvalue weighted by molar-refractivity contribution is 5.58. The Balaban J connectivity index is 3.00. The molecule has 0 aromatic heterocycles. The predicted molar refractivity (Wildman–Crippen MR) is 131 cm³/mol. The van der Waals surface area contributed by atoms with Crippen molar-refractivity contribution in [2.45, 2.75) is 161 Å². The molecule has 0 saturated heterocycles. The van der Waals surface area contributed by atoms with Crippen LogP contribution in [0.5, 0.6) is 0 Å². The van der Waals surface area contributed by atoms with Crippen molar-refractivity contribution in [3.8, 4) is 6.19 Å². The molecule has 0 amide bonds. The van der Waals surface area contributed by atoms with E-state index in [1.165, 1.54) is 148 Å². The lowest BCUT2D eigenvalue weighted by molar-refractivity contribution is 0.518. The average molecular weight is 405 g/mol. The zero-order valence-electron chi connectivity index (χ0n) is 19.9. The Morgan fingerprint density at radius 3 is 1.03 bits per heavy atom. The van der Waals surface area contributed by atoms with E-state index < -0.39 is 0 Å². The number of rotatable bonds is 24. The maximum Gasteiger partial charge on any atom is 0.205 e. The van der Waals surface area contributed by atoms with Crippen LogP contribution in [0.4, 0.5) is 0 Å². The predicted octanol–water partition coefficient (Wildman–Crippen LogP) is 9.92. The molecule has 0 aliphatic heterocycles. The molecule has 0 heterocycles. The van der Waals surface area contributed by atoms with Crippen molar-refractivity contribution >= 4 is 6.21 Å². The standard InChI is InChI=1S/C27H52N2/c1-2-3-4-5-6-7-8-9-10-11-12-13-14-15-16-17-18-19-20-21-22-23-24-25-26-29-27-28/h26H,2-25H2,1H3. The zero-order valence-corrected chi connectivity index (χ0v) is 19.9. The number of hydrogen-bond acceptors (Lipinski definition) is 2. The number of nitriles is 1.